The van der Waals surface area contributed by atoms with E-state index in [2.05, 4.69) is 30.0 Å². The van der Waals surface area contributed by atoms with Crippen LogP contribution >= 0.6 is 11.3 Å². The molecule has 13 nitrogen and oxygen atoms in total. The highest BCUT2D eigenvalue weighted by atomic mass is 32.2. The Labute approximate surface area is 278 Å². The number of carbonyl (C=O) groups excluding carboxylic acids is 2. The maximum absolute atomic E-state index is 13.8. The number of nitrogens with one attached hydrogen (secondary N) is 1. The Morgan fingerprint density at radius 2 is 1.55 bits per heavy atom. The minimum atomic E-state index is -5.00. The Balaban J connectivity index is 1.42. The van der Waals surface area contributed by atoms with Gasteiger partial charge in [-0.15, -0.1) is 31.4 Å². The quantitative estimate of drug-likeness (QED) is 0.252. The molecule has 21 heteroatoms. The SMILES string of the molecule is CN(C)C(=O)c1nncc2sc(N3CCN(S(=O)(=O)c4ccc(OC(F)(F)F)cc4)[C@@H](C(=O)NCc4ccc(OC(F)(F)F)cc4)C3)nc12. The van der Waals surface area contributed by atoms with Crippen molar-refractivity contribution < 1.29 is 53.8 Å². The average Bonchev–Trinajstić information content (AvgIpc) is 3.47. The van der Waals surface area contributed by atoms with E-state index in [0.29, 0.717) is 15.4 Å². The molecule has 0 aliphatic carbocycles. The Morgan fingerprint density at radius 1 is 0.959 bits per heavy atom. The molecule has 0 bridgehead atoms. The average molecular weight is 734 g/mol. The molecule has 262 valence electrons. The third-order valence-corrected chi connectivity index (χ3v) is 9.97. The first-order chi connectivity index (χ1) is 22.9. The van der Waals surface area contributed by atoms with E-state index in [4.69, 9.17) is 0 Å². The minimum absolute atomic E-state index is 0.00916. The van der Waals surface area contributed by atoms with Crippen molar-refractivity contribution in [3.05, 3.63) is 66.0 Å². The monoisotopic (exact) mass is 733 g/mol. The molecule has 4 aromatic rings. The van der Waals surface area contributed by atoms with Crippen LogP contribution in [0.4, 0.5) is 31.5 Å². The molecule has 0 unspecified atom stereocenters. The van der Waals surface area contributed by atoms with Crippen molar-refractivity contribution in [2.45, 2.75) is 30.2 Å². The van der Waals surface area contributed by atoms with E-state index in [0.717, 1.165) is 52.0 Å². The lowest BCUT2D eigenvalue weighted by Gasteiger charge is -2.39. The lowest BCUT2D eigenvalue weighted by molar-refractivity contribution is -0.275. The predicted octanol–water partition coefficient (Wildman–Crippen LogP) is 3.78. The molecule has 0 spiro atoms. The van der Waals surface area contributed by atoms with Crippen LogP contribution in [0.3, 0.4) is 0 Å². The van der Waals surface area contributed by atoms with Gasteiger partial charge in [0.2, 0.25) is 15.9 Å². The molecule has 1 aliphatic rings. The molecule has 0 radical (unpaired) electrons. The maximum Gasteiger partial charge on any atom is 0.573 e. The molecule has 1 atom stereocenters. The van der Waals surface area contributed by atoms with E-state index in [1.807, 2.05) is 0 Å². The number of thiazole rings is 1. The zero-order valence-electron chi connectivity index (χ0n) is 25.3. The van der Waals surface area contributed by atoms with Crippen LogP contribution in [-0.2, 0) is 21.4 Å². The number of carbonyl (C=O) groups is 2. The van der Waals surface area contributed by atoms with Crippen LogP contribution in [0.1, 0.15) is 16.1 Å². The van der Waals surface area contributed by atoms with Crippen molar-refractivity contribution in [1.29, 1.82) is 0 Å². The Hall–Kier alpha value is -4.76. The molecule has 1 saturated heterocycles. The number of piperazine rings is 1. The molecule has 2 amide bonds. The highest BCUT2D eigenvalue weighted by Crippen LogP contribution is 2.33. The number of alkyl halides is 6. The highest BCUT2D eigenvalue weighted by Gasteiger charge is 2.41. The molecule has 2 aromatic heterocycles. The fourth-order valence-corrected chi connectivity index (χ4v) is 7.30. The molecule has 0 saturated carbocycles. The number of benzene rings is 2. The number of rotatable bonds is 9. The van der Waals surface area contributed by atoms with Crippen LogP contribution in [0.2, 0.25) is 0 Å². The van der Waals surface area contributed by atoms with E-state index in [1.54, 1.807) is 4.90 Å². The molecule has 5 rings (SSSR count). The Kier molecular flexibility index (Phi) is 9.89. The number of nitrogens with zero attached hydrogens (tertiary/aromatic N) is 6. The molecule has 1 N–H and O–H groups in total. The summed E-state index contributed by atoms with van der Waals surface area (Å²) in [5.74, 6) is -2.36. The Morgan fingerprint density at radius 3 is 2.12 bits per heavy atom. The van der Waals surface area contributed by atoms with Gasteiger partial charge in [0.1, 0.15) is 23.1 Å². The maximum atomic E-state index is 13.8. The number of anilines is 1. The van der Waals surface area contributed by atoms with Gasteiger partial charge in [-0.05, 0) is 42.0 Å². The lowest BCUT2D eigenvalue weighted by Crippen LogP contribution is -2.60. The summed E-state index contributed by atoms with van der Waals surface area (Å²) in [7, 11) is -1.42. The summed E-state index contributed by atoms with van der Waals surface area (Å²) in [5.41, 5.74) is 0.614. The number of hydrogen-bond acceptors (Lipinski definition) is 11. The number of fused-ring (bicyclic) bond motifs is 1. The number of hydrogen-bond donors (Lipinski definition) is 1. The normalized spacial score (nSPS) is 16.0. The largest absolute Gasteiger partial charge is 0.573 e. The second-order valence-electron chi connectivity index (χ2n) is 10.6. The molecule has 3 heterocycles. The van der Waals surface area contributed by atoms with Crippen LogP contribution < -0.4 is 19.7 Å². The van der Waals surface area contributed by atoms with E-state index >= 15 is 0 Å². The predicted molar refractivity (Wildman–Crippen MR) is 161 cm³/mol. The van der Waals surface area contributed by atoms with Gasteiger partial charge < -0.3 is 24.6 Å². The van der Waals surface area contributed by atoms with Gasteiger partial charge in [-0.3, -0.25) is 9.59 Å². The van der Waals surface area contributed by atoms with Crippen molar-refractivity contribution in [2.75, 3.05) is 38.6 Å². The summed E-state index contributed by atoms with van der Waals surface area (Å²) in [6.07, 6.45) is -8.49. The van der Waals surface area contributed by atoms with Crippen LogP contribution in [0.15, 0.2) is 59.6 Å². The zero-order valence-corrected chi connectivity index (χ0v) is 27.0. The first-order valence-electron chi connectivity index (χ1n) is 14.0. The highest BCUT2D eigenvalue weighted by molar-refractivity contribution is 7.89. The van der Waals surface area contributed by atoms with Crippen LogP contribution in [0.25, 0.3) is 10.2 Å². The van der Waals surface area contributed by atoms with Crippen molar-refractivity contribution in [1.82, 2.24) is 29.7 Å². The van der Waals surface area contributed by atoms with Crippen LogP contribution in [0.5, 0.6) is 11.5 Å². The topological polar surface area (TPSA) is 147 Å². The van der Waals surface area contributed by atoms with Gasteiger partial charge in [-0.25, -0.2) is 13.4 Å². The Bertz CT molecular complexity index is 1940. The van der Waals surface area contributed by atoms with Gasteiger partial charge >= 0.3 is 12.7 Å². The fourth-order valence-electron chi connectivity index (χ4n) is 4.76. The van der Waals surface area contributed by atoms with E-state index < -0.39 is 57.0 Å². The van der Waals surface area contributed by atoms with Gasteiger partial charge in [0.15, 0.2) is 10.8 Å². The smallest absolute Gasteiger partial charge is 0.406 e. The first-order valence-corrected chi connectivity index (χ1v) is 16.3. The summed E-state index contributed by atoms with van der Waals surface area (Å²) >= 11 is 1.13. The summed E-state index contributed by atoms with van der Waals surface area (Å²) in [6, 6.07) is 6.73. The summed E-state index contributed by atoms with van der Waals surface area (Å²) < 4.78 is 112. The zero-order chi connectivity index (χ0) is 35.7. The standard InChI is InChI=1S/C28H25F6N7O6S2/c1-39(2)25(43)23-22-21(14-36-38-23)48-26(37-22)40-11-12-41(49(44,45)19-9-7-18(8-10-19)47-28(32,33)34)20(15-40)24(42)35-13-16-3-5-17(6-4-16)46-27(29,30)31/h3-10,14,20H,11-13,15H2,1-2H3,(H,35,42)/t20-/m1/s1. The number of halogens is 6. The first kappa shape index (κ1) is 35.5. The summed E-state index contributed by atoms with van der Waals surface area (Å²) in [4.78, 5) is 33.4. The second-order valence-corrected chi connectivity index (χ2v) is 13.5. The van der Waals surface area contributed by atoms with E-state index in [1.165, 1.54) is 37.3 Å². The van der Waals surface area contributed by atoms with E-state index in [-0.39, 0.29) is 37.4 Å². The van der Waals surface area contributed by atoms with Crippen molar-refractivity contribution in [2.24, 2.45) is 0 Å². The fraction of sp³-hybridized carbons (Fsp3) is 0.321. The van der Waals surface area contributed by atoms with Crippen LogP contribution in [-0.4, -0.2) is 97.1 Å². The summed E-state index contributed by atoms with van der Waals surface area (Å²) in [6.45, 7) is -0.680. The minimum Gasteiger partial charge on any atom is -0.406 e. The van der Waals surface area contributed by atoms with Crippen LogP contribution in [0, 0.1) is 0 Å². The molecular weight excluding hydrogens is 708 g/mol. The van der Waals surface area contributed by atoms with Crippen molar-refractivity contribution in [3.63, 3.8) is 0 Å². The number of amides is 2. The van der Waals surface area contributed by atoms with Gasteiger partial charge in [-0.1, -0.05) is 23.5 Å². The van der Waals surface area contributed by atoms with Gasteiger partial charge in [-0.2, -0.15) is 9.40 Å². The van der Waals surface area contributed by atoms with Gasteiger partial charge in [0.05, 0.1) is 15.8 Å². The van der Waals surface area contributed by atoms with Crippen molar-refractivity contribution >= 4 is 48.5 Å². The van der Waals surface area contributed by atoms with E-state index in [9.17, 15) is 44.3 Å². The molecule has 2 aromatic carbocycles. The third-order valence-electron chi connectivity index (χ3n) is 7.00. The summed E-state index contributed by atoms with van der Waals surface area (Å²) in [5, 5.41) is 10.7. The molecular formula is C28H25F6N7O6S2. The van der Waals surface area contributed by atoms with Crippen molar-refractivity contribution in [3.8, 4) is 11.5 Å². The molecule has 1 aliphatic heterocycles. The number of aromatic nitrogens is 3. The lowest BCUT2D eigenvalue weighted by atomic mass is 10.1. The molecule has 49 heavy (non-hydrogen) atoms. The third kappa shape index (κ3) is 8.46. The van der Waals surface area contributed by atoms with Gasteiger partial charge in [0, 0.05) is 40.3 Å². The number of sulfonamides is 1. The number of ether oxygens (including phenoxy) is 2. The van der Waals surface area contributed by atoms with Gasteiger partial charge in [0.25, 0.3) is 5.91 Å². The molecule has 1 fully saturated rings. The second kappa shape index (κ2) is 13.6.